The number of carboxylic acid groups (broad SMARTS) is 1. The Morgan fingerprint density at radius 3 is 2.75 bits per heavy atom. The predicted octanol–water partition coefficient (Wildman–Crippen LogP) is 1.66. The molecule has 0 bridgehead atoms. The van der Waals surface area contributed by atoms with Crippen LogP contribution in [0.3, 0.4) is 0 Å². The Kier molecular flexibility index (Phi) is 3.46. The highest BCUT2D eigenvalue weighted by molar-refractivity contribution is 5.95. The highest BCUT2D eigenvalue weighted by atomic mass is 16.4. The SMILES string of the molecule is O=C(O)C1CCC2CCCCC2N1C(=O)c1ccn[nH]1. The van der Waals surface area contributed by atoms with Crippen LogP contribution in [0, 0.1) is 5.92 Å². The fraction of sp³-hybridized carbons (Fsp3) is 0.643. The number of likely N-dealkylation sites (tertiary alicyclic amines) is 1. The van der Waals surface area contributed by atoms with Crippen molar-refractivity contribution in [2.24, 2.45) is 5.92 Å². The number of aromatic amines is 1. The lowest BCUT2D eigenvalue weighted by Gasteiger charge is -2.46. The van der Waals surface area contributed by atoms with Crippen molar-refractivity contribution in [3.05, 3.63) is 18.0 Å². The van der Waals surface area contributed by atoms with Gasteiger partial charge in [-0.2, -0.15) is 5.10 Å². The number of fused-ring (bicyclic) bond motifs is 1. The Balaban J connectivity index is 1.91. The number of carboxylic acids is 1. The maximum absolute atomic E-state index is 12.6. The number of hydrogen-bond acceptors (Lipinski definition) is 3. The van der Waals surface area contributed by atoms with Crippen LogP contribution >= 0.6 is 0 Å². The Morgan fingerprint density at radius 2 is 2.05 bits per heavy atom. The first-order valence-corrected chi connectivity index (χ1v) is 7.23. The third kappa shape index (κ3) is 2.19. The van der Waals surface area contributed by atoms with E-state index < -0.39 is 12.0 Å². The lowest BCUT2D eigenvalue weighted by molar-refractivity contribution is -0.146. The van der Waals surface area contributed by atoms with Gasteiger partial charge in [0.1, 0.15) is 11.7 Å². The van der Waals surface area contributed by atoms with E-state index in [1.165, 1.54) is 12.6 Å². The molecule has 2 N–H and O–H groups in total. The fourth-order valence-electron chi connectivity index (χ4n) is 3.68. The second-order valence-corrected chi connectivity index (χ2v) is 5.73. The van der Waals surface area contributed by atoms with E-state index >= 15 is 0 Å². The first-order valence-electron chi connectivity index (χ1n) is 7.23. The smallest absolute Gasteiger partial charge is 0.326 e. The van der Waals surface area contributed by atoms with Crippen LogP contribution in [0.1, 0.15) is 49.0 Å². The van der Waals surface area contributed by atoms with Gasteiger partial charge in [0.05, 0.1) is 0 Å². The molecular formula is C14H19N3O3. The van der Waals surface area contributed by atoms with Crippen molar-refractivity contribution in [3.8, 4) is 0 Å². The molecule has 0 radical (unpaired) electrons. The molecule has 1 aromatic heterocycles. The summed E-state index contributed by atoms with van der Waals surface area (Å²) in [4.78, 5) is 25.7. The van der Waals surface area contributed by atoms with Crippen LogP contribution in [0.2, 0.25) is 0 Å². The summed E-state index contributed by atoms with van der Waals surface area (Å²) in [5.74, 6) is -0.681. The van der Waals surface area contributed by atoms with Crippen molar-refractivity contribution in [3.63, 3.8) is 0 Å². The second-order valence-electron chi connectivity index (χ2n) is 5.73. The molecule has 2 fully saturated rings. The number of carbonyl (C=O) groups is 2. The molecule has 3 unspecified atom stereocenters. The van der Waals surface area contributed by atoms with Gasteiger partial charge in [-0.3, -0.25) is 9.89 Å². The topological polar surface area (TPSA) is 86.3 Å². The van der Waals surface area contributed by atoms with E-state index in [2.05, 4.69) is 10.2 Å². The number of nitrogens with one attached hydrogen (secondary N) is 1. The van der Waals surface area contributed by atoms with Gasteiger partial charge in [-0.25, -0.2) is 4.79 Å². The van der Waals surface area contributed by atoms with E-state index in [4.69, 9.17) is 0 Å². The summed E-state index contributed by atoms with van der Waals surface area (Å²) in [6, 6.07) is 0.966. The minimum absolute atomic E-state index is 0.0643. The molecule has 6 nitrogen and oxygen atoms in total. The summed E-state index contributed by atoms with van der Waals surface area (Å²) in [6.45, 7) is 0. The number of aromatic nitrogens is 2. The maximum atomic E-state index is 12.6. The number of rotatable bonds is 2. The molecule has 1 amide bonds. The van der Waals surface area contributed by atoms with Gasteiger partial charge in [-0.05, 0) is 37.7 Å². The zero-order chi connectivity index (χ0) is 14.1. The zero-order valence-corrected chi connectivity index (χ0v) is 11.3. The van der Waals surface area contributed by atoms with Gasteiger partial charge >= 0.3 is 5.97 Å². The summed E-state index contributed by atoms with van der Waals surface area (Å²) in [7, 11) is 0. The minimum Gasteiger partial charge on any atom is -0.480 e. The molecule has 108 valence electrons. The van der Waals surface area contributed by atoms with Crippen LogP contribution in [0.4, 0.5) is 0 Å². The quantitative estimate of drug-likeness (QED) is 0.860. The summed E-state index contributed by atoms with van der Waals surface area (Å²) in [6.07, 6.45) is 7.25. The molecule has 3 rings (SSSR count). The average Bonchev–Trinajstić information content (AvgIpc) is 2.99. The third-order valence-electron chi connectivity index (χ3n) is 4.62. The number of aliphatic carboxylic acids is 1. The lowest BCUT2D eigenvalue weighted by atomic mass is 9.76. The van der Waals surface area contributed by atoms with Crippen LogP contribution in [0.5, 0.6) is 0 Å². The first-order chi connectivity index (χ1) is 9.68. The Labute approximate surface area is 117 Å². The Morgan fingerprint density at radius 1 is 1.25 bits per heavy atom. The summed E-state index contributed by atoms with van der Waals surface area (Å²) in [5.41, 5.74) is 0.377. The van der Waals surface area contributed by atoms with Crippen LogP contribution in [0.25, 0.3) is 0 Å². The monoisotopic (exact) mass is 277 g/mol. The number of nitrogens with zero attached hydrogens (tertiary/aromatic N) is 2. The molecule has 1 aliphatic carbocycles. The molecule has 1 saturated heterocycles. The molecular weight excluding hydrogens is 258 g/mol. The van der Waals surface area contributed by atoms with Gasteiger partial charge in [0.2, 0.25) is 0 Å². The molecule has 1 aliphatic heterocycles. The third-order valence-corrected chi connectivity index (χ3v) is 4.62. The van der Waals surface area contributed by atoms with Crippen LogP contribution in [-0.4, -0.2) is 44.2 Å². The average molecular weight is 277 g/mol. The standard InChI is InChI=1S/C14H19N3O3/c18-13(10-7-8-15-16-10)17-11-4-2-1-3-9(11)5-6-12(17)14(19)20/h7-9,11-12H,1-6H2,(H,15,16)(H,19,20). The van der Waals surface area contributed by atoms with Gasteiger partial charge in [0, 0.05) is 12.2 Å². The molecule has 0 aromatic carbocycles. The molecule has 1 aromatic rings. The van der Waals surface area contributed by atoms with E-state index in [0.29, 0.717) is 18.0 Å². The minimum atomic E-state index is -0.901. The van der Waals surface area contributed by atoms with Gasteiger partial charge in [0.15, 0.2) is 0 Å². The summed E-state index contributed by atoms with van der Waals surface area (Å²) >= 11 is 0. The van der Waals surface area contributed by atoms with Gasteiger partial charge in [-0.1, -0.05) is 12.8 Å². The van der Waals surface area contributed by atoms with Crippen molar-refractivity contribution in [2.45, 2.75) is 50.6 Å². The van der Waals surface area contributed by atoms with E-state index in [0.717, 1.165) is 25.7 Å². The molecule has 2 heterocycles. The van der Waals surface area contributed by atoms with Gasteiger partial charge in [0.25, 0.3) is 5.91 Å². The van der Waals surface area contributed by atoms with E-state index in [1.807, 2.05) is 0 Å². The normalized spacial score (nSPS) is 29.8. The number of amides is 1. The number of carbonyl (C=O) groups excluding carboxylic acids is 1. The molecule has 0 spiro atoms. The highest BCUT2D eigenvalue weighted by Crippen LogP contribution is 2.38. The van der Waals surface area contributed by atoms with E-state index in [9.17, 15) is 14.7 Å². The van der Waals surface area contributed by atoms with Crippen molar-refractivity contribution in [1.29, 1.82) is 0 Å². The lowest BCUT2D eigenvalue weighted by Crippen LogP contribution is -2.57. The molecule has 3 atom stereocenters. The summed E-state index contributed by atoms with van der Waals surface area (Å²) < 4.78 is 0. The predicted molar refractivity (Wildman–Crippen MR) is 71.2 cm³/mol. The zero-order valence-electron chi connectivity index (χ0n) is 11.3. The molecule has 20 heavy (non-hydrogen) atoms. The number of hydrogen-bond donors (Lipinski definition) is 2. The van der Waals surface area contributed by atoms with Crippen molar-refractivity contribution in [1.82, 2.24) is 15.1 Å². The van der Waals surface area contributed by atoms with Gasteiger partial charge in [-0.15, -0.1) is 0 Å². The molecule has 6 heteroatoms. The maximum Gasteiger partial charge on any atom is 0.326 e. The van der Waals surface area contributed by atoms with Crippen LogP contribution in [0.15, 0.2) is 12.3 Å². The van der Waals surface area contributed by atoms with E-state index in [1.54, 1.807) is 11.0 Å². The van der Waals surface area contributed by atoms with Crippen LogP contribution in [-0.2, 0) is 4.79 Å². The van der Waals surface area contributed by atoms with Crippen molar-refractivity contribution < 1.29 is 14.7 Å². The highest BCUT2D eigenvalue weighted by Gasteiger charge is 2.44. The first kappa shape index (κ1) is 13.1. The Bertz CT molecular complexity index is 500. The number of H-pyrrole nitrogens is 1. The molecule has 2 aliphatic rings. The van der Waals surface area contributed by atoms with Crippen molar-refractivity contribution >= 4 is 11.9 Å². The summed E-state index contributed by atoms with van der Waals surface area (Å²) in [5, 5.41) is 15.9. The largest absolute Gasteiger partial charge is 0.480 e. The van der Waals surface area contributed by atoms with Crippen LogP contribution < -0.4 is 0 Å². The van der Waals surface area contributed by atoms with Gasteiger partial charge < -0.3 is 10.0 Å². The second kappa shape index (κ2) is 5.26. The fourth-order valence-corrected chi connectivity index (χ4v) is 3.68. The van der Waals surface area contributed by atoms with E-state index in [-0.39, 0.29) is 11.9 Å². The van der Waals surface area contributed by atoms with Crippen molar-refractivity contribution in [2.75, 3.05) is 0 Å². The Hall–Kier alpha value is -1.85. The molecule has 1 saturated carbocycles. The number of piperidine rings is 1.